The van der Waals surface area contributed by atoms with Crippen molar-refractivity contribution < 1.29 is 0 Å². The third-order valence-corrected chi connectivity index (χ3v) is 5.01. The number of rotatable bonds is 6. The summed E-state index contributed by atoms with van der Waals surface area (Å²) in [6.45, 7) is 10.5. The lowest BCUT2D eigenvalue weighted by Crippen LogP contribution is -2.46. The van der Waals surface area contributed by atoms with Crippen molar-refractivity contribution in [2.24, 2.45) is 11.3 Å². The zero-order chi connectivity index (χ0) is 14.6. The van der Waals surface area contributed by atoms with Crippen LogP contribution in [0.25, 0.3) is 0 Å². The predicted molar refractivity (Wildman–Crippen MR) is 88.5 cm³/mol. The van der Waals surface area contributed by atoms with E-state index in [4.69, 9.17) is 0 Å². The van der Waals surface area contributed by atoms with E-state index in [-0.39, 0.29) is 0 Å². The van der Waals surface area contributed by atoms with Gasteiger partial charge in [-0.3, -0.25) is 0 Å². The van der Waals surface area contributed by atoms with Gasteiger partial charge in [0.25, 0.3) is 0 Å². The van der Waals surface area contributed by atoms with Crippen LogP contribution in [-0.4, -0.2) is 26.7 Å². The molecule has 0 aromatic heterocycles. The van der Waals surface area contributed by atoms with Gasteiger partial charge in [-0.2, -0.15) is 0 Å². The average molecular weight is 274 g/mol. The fourth-order valence-corrected chi connectivity index (χ4v) is 3.62. The van der Waals surface area contributed by atoms with Gasteiger partial charge in [-0.25, -0.2) is 0 Å². The number of fused-ring (bicyclic) bond motifs is 1. The standard InChI is InChI=1S/C18H30N2/c1-5-18(6-2,13-19-4)14-20-12-15(3)11-16-9-7-8-10-17(16)20/h7-10,15,19H,5-6,11-14H2,1-4H3. The van der Waals surface area contributed by atoms with Gasteiger partial charge in [0.2, 0.25) is 0 Å². The van der Waals surface area contributed by atoms with E-state index in [1.54, 1.807) is 0 Å². The van der Waals surface area contributed by atoms with E-state index < -0.39 is 0 Å². The quantitative estimate of drug-likeness (QED) is 0.850. The van der Waals surface area contributed by atoms with E-state index in [0.29, 0.717) is 5.41 Å². The van der Waals surface area contributed by atoms with Gasteiger partial charge >= 0.3 is 0 Å². The Balaban J connectivity index is 2.24. The monoisotopic (exact) mass is 274 g/mol. The van der Waals surface area contributed by atoms with Crippen molar-refractivity contribution in [2.45, 2.75) is 40.0 Å². The first-order valence-electron chi connectivity index (χ1n) is 8.11. The summed E-state index contributed by atoms with van der Waals surface area (Å²) in [6.07, 6.45) is 3.69. The van der Waals surface area contributed by atoms with Crippen molar-refractivity contribution in [3.8, 4) is 0 Å². The first-order valence-corrected chi connectivity index (χ1v) is 8.11. The molecule has 1 aromatic carbocycles. The number of para-hydroxylation sites is 1. The molecule has 0 radical (unpaired) electrons. The molecule has 0 bridgehead atoms. The van der Waals surface area contributed by atoms with Crippen molar-refractivity contribution in [3.05, 3.63) is 29.8 Å². The largest absolute Gasteiger partial charge is 0.370 e. The molecule has 20 heavy (non-hydrogen) atoms. The Morgan fingerprint density at radius 3 is 2.60 bits per heavy atom. The fourth-order valence-electron chi connectivity index (χ4n) is 3.62. The highest BCUT2D eigenvalue weighted by molar-refractivity contribution is 5.56. The van der Waals surface area contributed by atoms with Gasteiger partial charge in [-0.1, -0.05) is 39.0 Å². The predicted octanol–water partition coefficient (Wildman–Crippen LogP) is 3.71. The molecule has 0 fully saturated rings. The zero-order valence-corrected chi connectivity index (χ0v) is 13.6. The maximum atomic E-state index is 3.41. The minimum atomic E-state index is 0.388. The Morgan fingerprint density at radius 2 is 1.95 bits per heavy atom. The molecular weight excluding hydrogens is 244 g/mol. The highest BCUT2D eigenvalue weighted by Crippen LogP contribution is 2.34. The van der Waals surface area contributed by atoms with Gasteiger partial charge in [-0.05, 0) is 49.3 Å². The lowest BCUT2D eigenvalue weighted by molar-refractivity contribution is 0.254. The molecule has 2 heteroatoms. The second-order valence-electron chi connectivity index (χ2n) is 6.56. The minimum Gasteiger partial charge on any atom is -0.370 e. The van der Waals surface area contributed by atoms with Crippen LogP contribution in [0.2, 0.25) is 0 Å². The molecule has 0 amide bonds. The Bertz CT molecular complexity index is 423. The first-order chi connectivity index (χ1) is 9.64. The van der Waals surface area contributed by atoms with E-state index in [1.807, 2.05) is 0 Å². The molecule has 2 rings (SSSR count). The molecule has 1 N–H and O–H groups in total. The average Bonchev–Trinajstić information content (AvgIpc) is 2.46. The molecule has 1 atom stereocenters. The molecule has 112 valence electrons. The first kappa shape index (κ1) is 15.4. The number of nitrogens with zero attached hydrogens (tertiary/aromatic N) is 1. The van der Waals surface area contributed by atoms with Crippen molar-refractivity contribution >= 4 is 5.69 Å². The number of hydrogen-bond acceptors (Lipinski definition) is 2. The summed E-state index contributed by atoms with van der Waals surface area (Å²) >= 11 is 0. The maximum absolute atomic E-state index is 3.41. The molecule has 0 spiro atoms. The number of benzene rings is 1. The van der Waals surface area contributed by atoms with Crippen LogP contribution in [0.3, 0.4) is 0 Å². The van der Waals surface area contributed by atoms with E-state index in [1.165, 1.54) is 43.6 Å². The molecular formula is C18H30N2. The summed E-state index contributed by atoms with van der Waals surface area (Å²) in [4.78, 5) is 2.63. The van der Waals surface area contributed by atoms with Gasteiger partial charge in [0.05, 0.1) is 0 Å². The normalized spacial score (nSPS) is 19.0. The molecule has 0 saturated heterocycles. The Labute approximate surface area is 124 Å². The lowest BCUT2D eigenvalue weighted by atomic mass is 9.80. The number of anilines is 1. The van der Waals surface area contributed by atoms with E-state index >= 15 is 0 Å². The molecule has 1 aliphatic rings. The van der Waals surface area contributed by atoms with Crippen molar-refractivity contribution in [3.63, 3.8) is 0 Å². The minimum absolute atomic E-state index is 0.388. The Morgan fingerprint density at radius 1 is 1.25 bits per heavy atom. The molecule has 0 aliphatic carbocycles. The van der Waals surface area contributed by atoms with Crippen LogP contribution in [0.4, 0.5) is 5.69 Å². The second-order valence-corrected chi connectivity index (χ2v) is 6.56. The summed E-state index contributed by atoms with van der Waals surface area (Å²) < 4.78 is 0. The molecule has 1 heterocycles. The summed E-state index contributed by atoms with van der Waals surface area (Å²) in [7, 11) is 2.08. The smallest absolute Gasteiger partial charge is 0.0399 e. The fraction of sp³-hybridized carbons (Fsp3) is 0.667. The van der Waals surface area contributed by atoms with Crippen LogP contribution in [0.15, 0.2) is 24.3 Å². The summed E-state index contributed by atoms with van der Waals surface area (Å²) in [6, 6.07) is 8.96. The van der Waals surface area contributed by atoms with Gasteiger partial charge < -0.3 is 10.2 Å². The molecule has 2 nitrogen and oxygen atoms in total. The Hall–Kier alpha value is -1.02. The van der Waals surface area contributed by atoms with E-state index in [2.05, 4.69) is 62.3 Å². The molecule has 1 aromatic rings. The molecule has 1 unspecified atom stereocenters. The SMILES string of the molecule is CCC(CC)(CNC)CN1CC(C)Cc2ccccc21. The third-order valence-electron chi connectivity index (χ3n) is 5.01. The maximum Gasteiger partial charge on any atom is 0.0399 e. The molecule has 0 saturated carbocycles. The summed E-state index contributed by atoms with van der Waals surface area (Å²) in [5.41, 5.74) is 3.38. The van der Waals surface area contributed by atoms with Crippen LogP contribution in [-0.2, 0) is 6.42 Å². The third kappa shape index (κ3) is 3.17. The van der Waals surface area contributed by atoms with Gasteiger partial charge in [0.15, 0.2) is 0 Å². The lowest BCUT2D eigenvalue weighted by Gasteiger charge is -2.42. The van der Waals surface area contributed by atoms with E-state index in [0.717, 1.165) is 12.5 Å². The van der Waals surface area contributed by atoms with Gasteiger partial charge in [-0.15, -0.1) is 0 Å². The number of hydrogen-bond donors (Lipinski definition) is 1. The van der Waals surface area contributed by atoms with Crippen LogP contribution in [0.5, 0.6) is 0 Å². The van der Waals surface area contributed by atoms with Gasteiger partial charge in [0, 0.05) is 25.3 Å². The summed E-state index contributed by atoms with van der Waals surface area (Å²) in [5.74, 6) is 0.755. The second kappa shape index (κ2) is 6.62. The van der Waals surface area contributed by atoms with Gasteiger partial charge in [0.1, 0.15) is 0 Å². The number of nitrogens with one attached hydrogen (secondary N) is 1. The van der Waals surface area contributed by atoms with Crippen molar-refractivity contribution in [1.82, 2.24) is 5.32 Å². The van der Waals surface area contributed by atoms with Crippen molar-refractivity contribution in [2.75, 3.05) is 31.6 Å². The highest BCUT2D eigenvalue weighted by Gasteiger charge is 2.31. The van der Waals surface area contributed by atoms with Crippen LogP contribution >= 0.6 is 0 Å². The Kier molecular flexibility index (Phi) is 5.09. The highest BCUT2D eigenvalue weighted by atomic mass is 15.2. The van der Waals surface area contributed by atoms with Crippen LogP contribution in [0.1, 0.15) is 39.2 Å². The van der Waals surface area contributed by atoms with E-state index in [9.17, 15) is 0 Å². The van der Waals surface area contributed by atoms with Crippen LogP contribution in [0, 0.1) is 11.3 Å². The zero-order valence-electron chi connectivity index (χ0n) is 13.6. The summed E-state index contributed by atoms with van der Waals surface area (Å²) in [5, 5.41) is 3.41. The van der Waals surface area contributed by atoms with Crippen molar-refractivity contribution in [1.29, 1.82) is 0 Å². The van der Waals surface area contributed by atoms with Crippen LogP contribution < -0.4 is 10.2 Å². The molecule has 1 aliphatic heterocycles. The topological polar surface area (TPSA) is 15.3 Å².